The Bertz CT molecular complexity index is 754. The van der Waals surface area contributed by atoms with Gasteiger partial charge in [-0.05, 0) is 43.7 Å². The van der Waals surface area contributed by atoms with Crippen LogP contribution in [0.5, 0.6) is 0 Å². The predicted octanol–water partition coefficient (Wildman–Crippen LogP) is 3.84. The van der Waals surface area contributed by atoms with Crippen molar-refractivity contribution in [2.75, 3.05) is 6.54 Å². The Morgan fingerprint density at radius 3 is 2.96 bits per heavy atom. The molecule has 0 amide bonds. The Morgan fingerprint density at radius 2 is 2.12 bits per heavy atom. The Hall–Kier alpha value is -2.47. The molecule has 1 aliphatic heterocycles. The molecule has 0 aliphatic carbocycles. The minimum atomic E-state index is 0.274. The molecular formula is C18H20N4O2. The maximum atomic E-state index is 5.84. The zero-order valence-electron chi connectivity index (χ0n) is 13.5. The summed E-state index contributed by atoms with van der Waals surface area (Å²) < 4.78 is 11.5. The third kappa shape index (κ3) is 3.23. The van der Waals surface area contributed by atoms with Gasteiger partial charge in [0.1, 0.15) is 5.76 Å². The first-order chi connectivity index (χ1) is 11.9. The third-order valence-corrected chi connectivity index (χ3v) is 4.45. The molecule has 1 fully saturated rings. The van der Waals surface area contributed by atoms with E-state index in [-0.39, 0.29) is 6.04 Å². The second kappa shape index (κ2) is 6.97. The molecule has 0 saturated carbocycles. The topological polar surface area (TPSA) is 68.2 Å². The fourth-order valence-corrected chi connectivity index (χ4v) is 3.26. The SMILES string of the molecule is c1cncc(-c2nnc(CN3CCCCC[C@@H]3c3ccco3)o2)c1. The van der Waals surface area contributed by atoms with Crippen molar-refractivity contribution >= 4 is 0 Å². The second-order valence-corrected chi connectivity index (χ2v) is 6.09. The lowest BCUT2D eigenvalue weighted by Gasteiger charge is -2.26. The molecule has 6 heteroatoms. The van der Waals surface area contributed by atoms with Crippen LogP contribution >= 0.6 is 0 Å². The zero-order valence-corrected chi connectivity index (χ0v) is 13.5. The molecule has 1 aliphatic rings. The smallest absolute Gasteiger partial charge is 0.249 e. The monoisotopic (exact) mass is 324 g/mol. The van der Waals surface area contributed by atoms with E-state index in [4.69, 9.17) is 8.83 Å². The molecule has 0 unspecified atom stereocenters. The highest BCUT2D eigenvalue weighted by atomic mass is 16.4. The van der Waals surface area contributed by atoms with Gasteiger partial charge in [-0.2, -0.15) is 0 Å². The van der Waals surface area contributed by atoms with E-state index in [1.165, 1.54) is 19.3 Å². The van der Waals surface area contributed by atoms with Gasteiger partial charge in [-0.3, -0.25) is 9.88 Å². The number of rotatable bonds is 4. The zero-order chi connectivity index (χ0) is 16.2. The highest BCUT2D eigenvalue weighted by molar-refractivity contribution is 5.49. The Morgan fingerprint density at radius 1 is 1.12 bits per heavy atom. The van der Waals surface area contributed by atoms with Crippen LogP contribution in [0.1, 0.15) is 43.4 Å². The minimum absolute atomic E-state index is 0.274. The quantitative estimate of drug-likeness (QED) is 0.726. The molecule has 3 aromatic heterocycles. The summed E-state index contributed by atoms with van der Waals surface area (Å²) in [5, 5.41) is 8.37. The van der Waals surface area contributed by atoms with Gasteiger partial charge in [0.2, 0.25) is 11.8 Å². The summed E-state index contributed by atoms with van der Waals surface area (Å²) in [5.74, 6) is 2.17. The van der Waals surface area contributed by atoms with Crippen LogP contribution in [-0.2, 0) is 6.54 Å². The number of nitrogens with zero attached hydrogens (tertiary/aromatic N) is 4. The van der Waals surface area contributed by atoms with E-state index >= 15 is 0 Å². The molecular weight excluding hydrogens is 304 g/mol. The van der Waals surface area contributed by atoms with E-state index in [1.54, 1.807) is 18.7 Å². The Kier molecular flexibility index (Phi) is 4.38. The molecule has 0 N–H and O–H groups in total. The van der Waals surface area contributed by atoms with Gasteiger partial charge in [0.25, 0.3) is 0 Å². The van der Waals surface area contributed by atoms with Crippen LogP contribution in [0, 0.1) is 0 Å². The van der Waals surface area contributed by atoms with Crippen molar-refractivity contribution in [2.45, 2.75) is 38.3 Å². The third-order valence-electron chi connectivity index (χ3n) is 4.45. The van der Waals surface area contributed by atoms with Crippen molar-refractivity contribution in [1.82, 2.24) is 20.1 Å². The molecule has 1 atom stereocenters. The van der Waals surface area contributed by atoms with Gasteiger partial charge in [-0.15, -0.1) is 10.2 Å². The van der Waals surface area contributed by atoms with Gasteiger partial charge >= 0.3 is 0 Å². The van der Waals surface area contributed by atoms with Crippen molar-refractivity contribution < 1.29 is 8.83 Å². The number of aromatic nitrogens is 3. The lowest BCUT2D eigenvalue weighted by molar-refractivity contribution is 0.155. The van der Waals surface area contributed by atoms with Crippen LogP contribution in [-0.4, -0.2) is 26.6 Å². The molecule has 0 aromatic carbocycles. The minimum Gasteiger partial charge on any atom is -0.468 e. The van der Waals surface area contributed by atoms with Crippen LogP contribution in [0.25, 0.3) is 11.5 Å². The van der Waals surface area contributed by atoms with Crippen molar-refractivity contribution in [3.05, 3.63) is 54.6 Å². The number of furan rings is 1. The van der Waals surface area contributed by atoms with Crippen molar-refractivity contribution in [3.63, 3.8) is 0 Å². The van der Waals surface area contributed by atoms with Crippen LogP contribution < -0.4 is 0 Å². The first-order valence-corrected chi connectivity index (χ1v) is 8.40. The molecule has 0 radical (unpaired) electrons. The molecule has 1 saturated heterocycles. The summed E-state index contributed by atoms with van der Waals surface area (Å²) in [7, 11) is 0. The van der Waals surface area contributed by atoms with E-state index in [2.05, 4.69) is 26.1 Å². The summed E-state index contributed by atoms with van der Waals surface area (Å²) in [6.45, 7) is 1.65. The van der Waals surface area contributed by atoms with Crippen molar-refractivity contribution in [1.29, 1.82) is 0 Å². The first kappa shape index (κ1) is 15.1. The van der Waals surface area contributed by atoms with Crippen LogP contribution in [0.3, 0.4) is 0 Å². The van der Waals surface area contributed by atoms with E-state index in [9.17, 15) is 0 Å². The number of hydrogen-bond acceptors (Lipinski definition) is 6. The average Bonchev–Trinajstić information content (AvgIpc) is 3.26. The summed E-state index contributed by atoms with van der Waals surface area (Å²) in [4.78, 5) is 6.47. The molecule has 24 heavy (non-hydrogen) atoms. The van der Waals surface area contributed by atoms with Crippen molar-refractivity contribution in [2.24, 2.45) is 0 Å². The molecule has 124 valence electrons. The highest BCUT2D eigenvalue weighted by Gasteiger charge is 2.26. The second-order valence-electron chi connectivity index (χ2n) is 6.09. The number of likely N-dealkylation sites (tertiary alicyclic amines) is 1. The van der Waals surface area contributed by atoms with E-state index in [0.29, 0.717) is 18.3 Å². The lowest BCUT2D eigenvalue weighted by Crippen LogP contribution is -2.28. The molecule has 6 nitrogen and oxygen atoms in total. The highest BCUT2D eigenvalue weighted by Crippen LogP contribution is 2.31. The summed E-state index contributed by atoms with van der Waals surface area (Å²) >= 11 is 0. The molecule has 4 rings (SSSR count). The fraction of sp³-hybridized carbons (Fsp3) is 0.389. The summed E-state index contributed by atoms with van der Waals surface area (Å²) in [5.41, 5.74) is 0.842. The standard InChI is InChI=1S/C18H20N4O2/c1-2-7-15(16-8-5-11-23-16)22(10-3-1)13-17-20-21-18(24-17)14-6-4-9-19-12-14/h4-6,8-9,11-12,15H,1-3,7,10,13H2/t15-/m1/s1. The van der Waals surface area contributed by atoms with Crippen LogP contribution in [0.15, 0.2) is 51.8 Å². The largest absolute Gasteiger partial charge is 0.468 e. The number of hydrogen-bond donors (Lipinski definition) is 0. The summed E-state index contributed by atoms with van der Waals surface area (Å²) in [6.07, 6.45) is 9.94. The molecule has 3 aromatic rings. The van der Waals surface area contributed by atoms with E-state index < -0.39 is 0 Å². The van der Waals surface area contributed by atoms with E-state index in [1.807, 2.05) is 18.2 Å². The first-order valence-electron chi connectivity index (χ1n) is 8.40. The van der Waals surface area contributed by atoms with Gasteiger partial charge in [-0.25, -0.2) is 0 Å². The lowest BCUT2D eigenvalue weighted by atomic mass is 10.1. The Balaban J connectivity index is 1.53. The van der Waals surface area contributed by atoms with Gasteiger partial charge in [0.05, 0.1) is 24.4 Å². The molecule has 0 spiro atoms. The van der Waals surface area contributed by atoms with Gasteiger partial charge in [0, 0.05) is 12.4 Å². The van der Waals surface area contributed by atoms with Gasteiger partial charge < -0.3 is 8.83 Å². The van der Waals surface area contributed by atoms with E-state index in [0.717, 1.165) is 24.3 Å². The van der Waals surface area contributed by atoms with Gasteiger partial charge in [-0.1, -0.05) is 12.8 Å². The summed E-state index contributed by atoms with van der Waals surface area (Å²) in [6, 6.07) is 8.06. The maximum Gasteiger partial charge on any atom is 0.249 e. The van der Waals surface area contributed by atoms with Crippen molar-refractivity contribution in [3.8, 4) is 11.5 Å². The maximum absolute atomic E-state index is 5.84. The van der Waals surface area contributed by atoms with Crippen LogP contribution in [0.4, 0.5) is 0 Å². The van der Waals surface area contributed by atoms with Gasteiger partial charge in [0.15, 0.2) is 0 Å². The molecule has 4 heterocycles. The fourth-order valence-electron chi connectivity index (χ4n) is 3.26. The average molecular weight is 324 g/mol. The normalized spacial score (nSPS) is 19.2. The predicted molar refractivity (Wildman–Crippen MR) is 87.9 cm³/mol. The molecule has 0 bridgehead atoms. The van der Waals surface area contributed by atoms with Crippen LogP contribution in [0.2, 0.25) is 0 Å². The Labute approximate surface area is 140 Å². The number of pyridine rings is 1.